The Bertz CT molecular complexity index is 80.5. The van der Waals surface area contributed by atoms with Gasteiger partial charge in [0, 0.05) is 19.6 Å². The van der Waals surface area contributed by atoms with Gasteiger partial charge in [-0.05, 0) is 7.05 Å². The summed E-state index contributed by atoms with van der Waals surface area (Å²) in [5.41, 5.74) is -0.450. The molecule has 0 aromatic carbocycles. The maximum atomic E-state index is 9.28. The Kier molecular flexibility index (Phi) is 1.51. The van der Waals surface area contributed by atoms with Crippen LogP contribution in [0.1, 0.15) is 0 Å². The molecule has 0 saturated carbocycles. The first kappa shape index (κ1) is 6.01. The summed E-state index contributed by atoms with van der Waals surface area (Å²) in [6.07, 6.45) is 0. The van der Waals surface area contributed by atoms with Gasteiger partial charge in [0.25, 0.3) is 0 Å². The Hall–Kier alpha value is -0.120. The molecule has 0 amide bonds. The normalized spacial score (nSPS) is 24.8. The molecule has 0 spiro atoms. The second kappa shape index (κ2) is 2.01. The third kappa shape index (κ3) is 0.992. The van der Waals surface area contributed by atoms with Crippen molar-refractivity contribution in [3.8, 4) is 0 Å². The van der Waals surface area contributed by atoms with Crippen molar-refractivity contribution in [1.29, 1.82) is 0 Å². The average Bonchev–Trinajstić information content (AvgIpc) is 1.64. The third-order valence-corrected chi connectivity index (χ3v) is 1.41. The van der Waals surface area contributed by atoms with E-state index in [1.165, 1.54) is 0 Å². The molecule has 0 radical (unpaired) electrons. The molecule has 0 bridgehead atoms. The number of likely N-dealkylation sites (N-methyl/N-ethyl adjacent to an activating group) is 1. The molecule has 1 fully saturated rings. The van der Waals surface area contributed by atoms with Gasteiger partial charge in [0.2, 0.25) is 0 Å². The van der Waals surface area contributed by atoms with Gasteiger partial charge < -0.3 is 15.7 Å². The van der Waals surface area contributed by atoms with Gasteiger partial charge in [-0.15, -0.1) is 0 Å². The molecule has 0 aromatic heterocycles. The second-order valence-corrected chi connectivity index (χ2v) is 2.36. The van der Waals surface area contributed by atoms with Crippen LogP contribution in [0, 0.1) is 0 Å². The summed E-state index contributed by atoms with van der Waals surface area (Å²) in [4.78, 5) is 0. The van der Waals surface area contributed by atoms with E-state index in [-0.39, 0.29) is 0 Å². The highest BCUT2D eigenvalue weighted by Gasteiger charge is 2.32. The summed E-state index contributed by atoms with van der Waals surface area (Å²) in [7, 11) is 1.84. The molecule has 0 aromatic rings. The molecular weight excluding hydrogens is 104 g/mol. The quantitative estimate of drug-likeness (QED) is 0.413. The molecule has 48 valence electrons. The highest BCUT2D eigenvalue weighted by atomic mass is 16.3. The van der Waals surface area contributed by atoms with Crippen LogP contribution in [0.2, 0.25) is 0 Å². The number of hydrogen-bond donors (Lipinski definition) is 3. The summed E-state index contributed by atoms with van der Waals surface area (Å²) in [6.45, 7) is 2.15. The average molecular weight is 116 g/mol. The van der Waals surface area contributed by atoms with E-state index < -0.39 is 5.60 Å². The summed E-state index contributed by atoms with van der Waals surface area (Å²) in [6, 6.07) is 0. The predicted molar refractivity (Wildman–Crippen MR) is 31.7 cm³/mol. The van der Waals surface area contributed by atoms with E-state index in [9.17, 15) is 5.11 Å². The Labute approximate surface area is 49.1 Å². The lowest BCUT2D eigenvalue weighted by atomic mass is 9.98. The maximum Gasteiger partial charge on any atom is 0.102 e. The molecule has 0 aliphatic carbocycles. The highest BCUT2D eigenvalue weighted by molar-refractivity contribution is 4.93. The topological polar surface area (TPSA) is 44.3 Å². The van der Waals surface area contributed by atoms with Gasteiger partial charge in [0.15, 0.2) is 0 Å². The van der Waals surface area contributed by atoms with E-state index in [0.717, 1.165) is 13.1 Å². The fourth-order valence-corrected chi connectivity index (χ4v) is 0.868. The molecule has 1 aliphatic heterocycles. The first-order valence-corrected chi connectivity index (χ1v) is 2.84. The van der Waals surface area contributed by atoms with E-state index in [1.807, 2.05) is 7.05 Å². The molecule has 3 heteroatoms. The van der Waals surface area contributed by atoms with Crippen molar-refractivity contribution in [3.63, 3.8) is 0 Å². The standard InChI is InChI=1S/C5H12N2O/c1-6-2-5(8)3-7-4-5/h6-8H,2-4H2,1H3. The fourth-order valence-electron chi connectivity index (χ4n) is 0.868. The lowest BCUT2D eigenvalue weighted by Crippen LogP contribution is -2.63. The van der Waals surface area contributed by atoms with E-state index in [4.69, 9.17) is 0 Å². The monoisotopic (exact) mass is 116 g/mol. The lowest BCUT2D eigenvalue weighted by molar-refractivity contribution is -0.00677. The zero-order valence-corrected chi connectivity index (χ0v) is 5.07. The minimum Gasteiger partial charge on any atom is -0.386 e. The maximum absolute atomic E-state index is 9.28. The summed E-state index contributed by atoms with van der Waals surface area (Å²) in [5, 5.41) is 15.2. The number of rotatable bonds is 2. The summed E-state index contributed by atoms with van der Waals surface area (Å²) >= 11 is 0. The molecule has 0 atom stereocenters. The molecule has 1 saturated heterocycles. The van der Waals surface area contributed by atoms with E-state index in [2.05, 4.69) is 10.6 Å². The summed E-state index contributed by atoms with van der Waals surface area (Å²) in [5.74, 6) is 0. The SMILES string of the molecule is CNCC1(O)CNC1. The van der Waals surface area contributed by atoms with Gasteiger partial charge >= 0.3 is 0 Å². The van der Waals surface area contributed by atoms with E-state index >= 15 is 0 Å². The Morgan fingerprint density at radius 2 is 2.38 bits per heavy atom. The molecular formula is C5H12N2O. The number of aliphatic hydroxyl groups is 1. The first-order chi connectivity index (χ1) is 3.77. The van der Waals surface area contributed by atoms with Crippen LogP contribution < -0.4 is 10.6 Å². The molecule has 8 heavy (non-hydrogen) atoms. The van der Waals surface area contributed by atoms with Crippen LogP contribution in [-0.2, 0) is 0 Å². The van der Waals surface area contributed by atoms with Gasteiger partial charge in [-0.2, -0.15) is 0 Å². The van der Waals surface area contributed by atoms with Crippen molar-refractivity contribution in [2.45, 2.75) is 5.60 Å². The largest absolute Gasteiger partial charge is 0.386 e. The molecule has 3 N–H and O–H groups in total. The first-order valence-electron chi connectivity index (χ1n) is 2.84. The van der Waals surface area contributed by atoms with Crippen LogP contribution in [0.4, 0.5) is 0 Å². The number of hydrogen-bond acceptors (Lipinski definition) is 3. The molecule has 1 heterocycles. The van der Waals surface area contributed by atoms with Gasteiger partial charge in [-0.25, -0.2) is 0 Å². The van der Waals surface area contributed by atoms with Gasteiger partial charge in [-0.3, -0.25) is 0 Å². The van der Waals surface area contributed by atoms with Crippen molar-refractivity contribution in [2.24, 2.45) is 0 Å². The Morgan fingerprint density at radius 3 is 2.50 bits per heavy atom. The summed E-state index contributed by atoms with van der Waals surface area (Å²) < 4.78 is 0. The van der Waals surface area contributed by atoms with E-state index in [1.54, 1.807) is 0 Å². The van der Waals surface area contributed by atoms with Gasteiger partial charge in [0.1, 0.15) is 5.60 Å². The minimum atomic E-state index is -0.450. The zero-order valence-electron chi connectivity index (χ0n) is 5.07. The second-order valence-electron chi connectivity index (χ2n) is 2.36. The lowest BCUT2D eigenvalue weighted by Gasteiger charge is -2.37. The smallest absolute Gasteiger partial charge is 0.102 e. The van der Waals surface area contributed by atoms with Crippen LogP contribution in [0.25, 0.3) is 0 Å². The van der Waals surface area contributed by atoms with Gasteiger partial charge in [0.05, 0.1) is 0 Å². The predicted octanol–water partition coefficient (Wildman–Crippen LogP) is -1.46. The van der Waals surface area contributed by atoms with Gasteiger partial charge in [-0.1, -0.05) is 0 Å². The Balaban J connectivity index is 2.20. The molecule has 1 rings (SSSR count). The minimum absolute atomic E-state index is 0.450. The van der Waals surface area contributed by atoms with E-state index in [0.29, 0.717) is 6.54 Å². The Morgan fingerprint density at radius 1 is 1.75 bits per heavy atom. The number of nitrogens with one attached hydrogen (secondary N) is 2. The van der Waals surface area contributed by atoms with Crippen LogP contribution in [0.15, 0.2) is 0 Å². The van der Waals surface area contributed by atoms with Crippen LogP contribution in [-0.4, -0.2) is 37.4 Å². The zero-order chi connectivity index (χ0) is 6.04. The third-order valence-electron chi connectivity index (χ3n) is 1.41. The van der Waals surface area contributed by atoms with Crippen molar-refractivity contribution < 1.29 is 5.11 Å². The molecule has 0 unspecified atom stereocenters. The van der Waals surface area contributed by atoms with Crippen molar-refractivity contribution >= 4 is 0 Å². The fraction of sp³-hybridized carbons (Fsp3) is 1.00. The van der Waals surface area contributed by atoms with Crippen LogP contribution >= 0.6 is 0 Å². The molecule has 3 nitrogen and oxygen atoms in total. The highest BCUT2D eigenvalue weighted by Crippen LogP contribution is 2.06. The van der Waals surface area contributed by atoms with Crippen LogP contribution in [0.5, 0.6) is 0 Å². The van der Waals surface area contributed by atoms with Crippen LogP contribution in [0.3, 0.4) is 0 Å². The number of β-amino-alcohol motifs (C(OH)–C–C–N with tert-alkyl or cyclic N) is 1. The van der Waals surface area contributed by atoms with Crippen molar-refractivity contribution in [2.75, 3.05) is 26.7 Å². The van der Waals surface area contributed by atoms with Crippen molar-refractivity contribution in [3.05, 3.63) is 0 Å². The molecule has 1 aliphatic rings. The van der Waals surface area contributed by atoms with Crippen molar-refractivity contribution in [1.82, 2.24) is 10.6 Å².